The number of hydrogen-bond donors (Lipinski definition) is 0. The lowest BCUT2D eigenvalue weighted by Crippen LogP contribution is -2.29. The van der Waals surface area contributed by atoms with E-state index in [0.29, 0.717) is 0 Å². The Morgan fingerprint density at radius 3 is 2.55 bits per heavy atom. The zero-order valence-corrected chi connectivity index (χ0v) is 12.8. The quantitative estimate of drug-likeness (QED) is 0.768. The van der Waals surface area contributed by atoms with E-state index in [1.54, 1.807) is 6.92 Å². The summed E-state index contributed by atoms with van der Waals surface area (Å²) in [5.41, 5.74) is 1.91. The number of ketones is 1. The van der Waals surface area contributed by atoms with Crippen LogP contribution in [0.1, 0.15) is 56.0 Å². The molecule has 110 valence electrons. The summed E-state index contributed by atoms with van der Waals surface area (Å²) in [5, 5.41) is 0. The van der Waals surface area contributed by atoms with Gasteiger partial charge in [-0.3, -0.25) is 9.69 Å². The van der Waals surface area contributed by atoms with Crippen LogP contribution in [0.5, 0.6) is 5.75 Å². The molecule has 1 fully saturated rings. The van der Waals surface area contributed by atoms with E-state index in [2.05, 4.69) is 4.90 Å². The molecule has 0 N–H and O–H groups in total. The highest BCUT2D eigenvalue weighted by molar-refractivity contribution is 5.94. The Bertz CT molecular complexity index is 462. The monoisotopic (exact) mass is 275 g/mol. The summed E-state index contributed by atoms with van der Waals surface area (Å²) >= 11 is 0. The van der Waals surface area contributed by atoms with Crippen molar-refractivity contribution in [1.82, 2.24) is 4.90 Å². The van der Waals surface area contributed by atoms with E-state index >= 15 is 0 Å². The fourth-order valence-electron chi connectivity index (χ4n) is 2.63. The summed E-state index contributed by atoms with van der Waals surface area (Å²) in [6.45, 7) is 8.88. The SMILES string of the molecule is CC(=O)c1ccc(CN2CCCCC2)c(OC(C)C)c1. The van der Waals surface area contributed by atoms with E-state index in [4.69, 9.17) is 4.74 Å². The van der Waals surface area contributed by atoms with Gasteiger partial charge < -0.3 is 4.74 Å². The third-order valence-electron chi connectivity index (χ3n) is 3.68. The van der Waals surface area contributed by atoms with Crippen molar-refractivity contribution in [1.29, 1.82) is 0 Å². The molecule has 1 aliphatic rings. The summed E-state index contributed by atoms with van der Waals surface area (Å²) < 4.78 is 5.90. The molecule has 3 nitrogen and oxygen atoms in total. The van der Waals surface area contributed by atoms with Gasteiger partial charge in [-0.2, -0.15) is 0 Å². The van der Waals surface area contributed by atoms with Gasteiger partial charge in [-0.25, -0.2) is 0 Å². The Kier molecular flexibility index (Phi) is 5.18. The molecule has 2 rings (SSSR count). The highest BCUT2D eigenvalue weighted by Crippen LogP contribution is 2.25. The lowest BCUT2D eigenvalue weighted by Gasteiger charge is -2.27. The standard InChI is InChI=1S/C17H25NO2/c1-13(2)20-17-11-15(14(3)19)7-8-16(17)12-18-9-5-4-6-10-18/h7-8,11,13H,4-6,9-10,12H2,1-3H3. The van der Waals surface area contributed by atoms with Crippen LogP contribution in [0.15, 0.2) is 18.2 Å². The predicted octanol–water partition coefficient (Wildman–Crippen LogP) is 3.66. The molecule has 0 aromatic heterocycles. The molecule has 0 atom stereocenters. The second-order valence-electron chi connectivity index (χ2n) is 5.88. The van der Waals surface area contributed by atoms with Gasteiger partial charge in [0.05, 0.1) is 6.10 Å². The number of rotatable bonds is 5. The smallest absolute Gasteiger partial charge is 0.159 e. The van der Waals surface area contributed by atoms with E-state index in [9.17, 15) is 4.79 Å². The first kappa shape index (κ1) is 15.0. The van der Waals surface area contributed by atoms with Crippen LogP contribution in [0.4, 0.5) is 0 Å². The number of nitrogens with zero attached hydrogens (tertiary/aromatic N) is 1. The van der Waals surface area contributed by atoms with Gasteiger partial charge in [0.25, 0.3) is 0 Å². The van der Waals surface area contributed by atoms with Gasteiger partial charge in [0, 0.05) is 17.7 Å². The van der Waals surface area contributed by atoms with Crippen molar-refractivity contribution < 1.29 is 9.53 Å². The molecule has 3 heteroatoms. The van der Waals surface area contributed by atoms with Gasteiger partial charge in [-0.1, -0.05) is 18.6 Å². The van der Waals surface area contributed by atoms with Crippen LogP contribution in [0, 0.1) is 0 Å². The maximum absolute atomic E-state index is 11.5. The maximum atomic E-state index is 11.5. The van der Waals surface area contributed by atoms with Gasteiger partial charge in [-0.05, 0) is 52.8 Å². The van der Waals surface area contributed by atoms with Crippen molar-refractivity contribution in [3.8, 4) is 5.75 Å². The Balaban J connectivity index is 2.18. The van der Waals surface area contributed by atoms with Crippen LogP contribution in [0.2, 0.25) is 0 Å². The Morgan fingerprint density at radius 2 is 1.95 bits per heavy atom. The molecule has 0 bridgehead atoms. The van der Waals surface area contributed by atoms with Crippen molar-refractivity contribution in [2.45, 2.75) is 52.7 Å². The normalized spacial score (nSPS) is 16.4. The van der Waals surface area contributed by atoms with E-state index in [-0.39, 0.29) is 11.9 Å². The molecular weight excluding hydrogens is 250 g/mol. The van der Waals surface area contributed by atoms with Crippen LogP contribution >= 0.6 is 0 Å². The number of hydrogen-bond acceptors (Lipinski definition) is 3. The molecule has 1 heterocycles. The van der Waals surface area contributed by atoms with Crippen LogP contribution in [0.3, 0.4) is 0 Å². The fraction of sp³-hybridized carbons (Fsp3) is 0.588. The molecule has 0 unspecified atom stereocenters. The summed E-state index contributed by atoms with van der Waals surface area (Å²) in [6.07, 6.45) is 4.03. The molecular formula is C17H25NO2. The van der Waals surface area contributed by atoms with Crippen molar-refractivity contribution in [2.75, 3.05) is 13.1 Å². The molecule has 0 aliphatic carbocycles. The molecule has 1 aromatic rings. The number of ether oxygens (including phenoxy) is 1. The molecule has 20 heavy (non-hydrogen) atoms. The lowest BCUT2D eigenvalue weighted by molar-refractivity contribution is 0.101. The van der Waals surface area contributed by atoms with Gasteiger partial charge in [-0.15, -0.1) is 0 Å². The minimum Gasteiger partial charge on any atom is -0.491 e. The zero-order valence-electron chi connectivity index (χ0n) is 12.8. The molecule has 0 radical (unpaired) electrons. The lowest BCUT2D eigenvalue weighted by atomic mass is 10.1. The zero-order chi connectivity index (χ0) is 14.5. The summed E-state index contributed by atoms with van der Waals surface area (Å²) in [6, 6.07) is 5.85. The highest BCUT2D eigenvalue weighted by atomic mass is 16.5. The first-order valence-corrected chi connectivity index (χ1v) is 7.59. The number of Topliss-reactive ketones (excluding diaryl/α,β-unsaturated/α-hetero) is 1. The minimum absolute atomic E-state index is 0.0862. The van der Waals surface area contributed by atoms with E-state index in [1.165, 1.54) is 24.8 Å². The number of piperidine rings is 1. The first-order valence-electron chi connectivity index (χ1n) is 7.59. The maximum Gasteiger partial charge on any atom is 0.159 e. The average Bonchev–Trinajstić information content (AvgIpc) is 2.41. The van der Waals surface area contributed by atoms with Crippen LogP contribution in [0.25, 0.3) is 0 Å². The molecule has 0 spiro atoms. The molecule has 1 saturated heterocycles. The minimum atomic E-state index is 0.0862. The topological polar surface area (TPSA) is 29.5 Å². The van der Waals surface area contributed by atoms with E-state index in [1.807, 2.05) is 32.0 Å². The number of benzene rings is 1. The third-order valence-corrected chi connectivity index (χ3v) is 3.68. The molecule has 1 aromatic carbocycles. The predicted molar refractivity (Wildman–Crippen MR) is 81.3 cm³/mol. The van der Waals surface area contributed by atoms with Crippen molar-refractivity contribution in [3.05, 3.63) is 29.3 Å². The van der Waals surface area contributed by atoms with E-state index < -0.39 is 0 Å². The van der Waals surface area contributed by atoms with Crippen molar-refractivity contribution >= 4 is 5.78 Å². The number of carbonyl (C=O) groups excluding carboxylic acids is 1. The summed E-state index contributed by atoms with van der Waals surface area (Å²) in [5.74, 6) is 0.946. The highest BCUT2D eigenvalue weighted by Gasteiger charge is 2.15. The first-order chi connectivity index (χ1) is 9.56. The van der Waals surface area contributed by atoms with Gasteiger partial charge in [0.15, 0.2) is 5.78 Å². The van der Waals surface area contributed by atoms with Crippen LogP contribution < -0.4 is 4.74 Å². The second-order valence-corrected chi connectivity index (χ2v) is 5.88. The Hall–Kier alpha value is -1.35. The Morgan fingerprint density at radius 1 is 1.25 bits per heavy atom. The van der Waals surface area contributed by atoms with Crippen molar-refractivity contribution in [3.63, 3.8) is 0 Å². The summed E-state index contributed by atoms with van der Waals surface area (Å²) in [4.78, 5) is 14.0. The molecule has 1 aliphatic heterocycles. The summed E-state index contributed by atoms with van der Waals surface area (Å²) in [7, 11) is 0. The Labute approximate surface area is 121 Å². The van der Waals surface area contributed by atoms with Gasteiger partial charge in [0.2, 0.25) is 0 Å². The average molecular weight is 275 g/mol. The largest absolute Gasteiger partial charge is 0.491 e. The number of carbonyl (C=O) groups is 1. The van der Waals surface area contributed by atoms with E-state index in [0.717, 1.165) is 30.9 Å². The third kappa shape index (κ3) is 4.07. The van der Waals surface area contributed by atoms with Crippen LogP contribution in [-0.2, 0) is 6.54 Å². The van der Waals surface area contributed by atoms with Crippen molar-refractivity contribution in [2.24, 2.45) is 0 Å². The molecule has 0 amide bonds. The van der Waals surface area contributed by atoms with Crippen LogP contribution in [-0.4, -0.2) is 29.9 Å². The number of likely N-dealkylation sites (tertiary alicyclic amines) is 1. The fourth-order valence-corrected chi connectivity index (χ4v) is 2.63. The second kappa shape index (κ2) is 6.89. The van der Waals surface area contributed by atoms with Gasteiger partial charge in [0.1, 0.15) is 5.75 Å². The molecule has 0 saturated carbocycles. The van der Waals surface area contributed by atoms with Gasteiger partial charge >= 0.3 is 0 Å².